The van der Waals surface area contributed by atoms with Crippen molar-refractivity contribution in [2.75, 3.05) is 39.3 Å². The molecule has 0 bridgehead atoms. The highest BCUT2D eigenvalue weighted by Gasteiger charge is 2.70. The van der Waals surface area contributed by atoms with Gasteiger partial charge in [-0.2, -0.15) is 0 Å². The average molecular weight is 714 g/mol. The molecule has 5 saturated carbocycles. The largest absolute Gasteiger partial charge is 0.478 e. The fourth-order valence-electron chi connectivity index (χ4n) is 14.2. The highest BCUT2D eigenvalue weighted by molar-refractivity contribution is 7.97. The van der Waals surface area contributed by atoms with Gasteiger partial charge in [0.25, 0.3) is 0 Å². The van der Waals surface area contributed by atoms with Crippen LogP contribution in [0.2, 0.25) is 0 Å². The minimum Gasteiger partial charge on any atom is -0.478 e. The quantitative estimate of drug-likeness (QED) is 0.196. The Morgan fingerprint density at radius 2 is 1.61 bits per heavy atom. The van der Waals surface area contributed by atoms with Gasteiger partial charge in [-0.3, -0.25) is 4.90 Å². The van der Waals surface area contributed by atoms with Crippen molar-refractivity contribution in [3.05, 3.63) is 53.6 Å². The Bertz CT molecular complexity index is 1540. The summed E-state index contributed by atoms with van der Waals surface area (Å²) in [7, 11) is 0. The van der Waals surface area contributed by atoms with Crippen molar-refractivity contribution in [3.8, 4) is 0 Å². The number of hydrogen-bond donors (Lipinski definition) is 2. The van der Waals surface area contributed by atoms with Crippen LogP contribution in [-0.4, -0.2) is 70.3 Å². The second kappa shape index (κ2) is 13.0. The number of fused-ring (bicyclic) bond motifs is 7. The molecule has 2 N–H and O–H groups in total. The second-order valence-electron chi connectivity index (χ2n) is 19.8. The molecule has 1 aromatic rings. The Balaban J connectivity index is 1.01. The Kier molecular flexibility index (Phi) is 9.29. The van der Waals surface area contributed by atoms with E-state index in [2.05, 4.69) is 92.8 Å². The van der Waals surface area contributed by atoms with Crippen molar-refractivity contribution in [3.63, 3.8) is 0 Å². The molecule has 1 heterocycles. The number of hydrogen-bond acceptors (Lipinski definition) is 5. The first-order valence-electron chi connectivity index (χ1n) is 20.8. The summed E-state index contributed by atoms with van der Waals surface area (Å²) in [5.41, 5.74) is 5.68. The van der Waals surface area contributed by atoms with E-state index in [1.165, 1.54) is 114 Å². The molecule has 1 aliphatic heterocycles. The summed E-state index contributed by atoms with van der Waals surface area (Å²) in [5, 5.41) is 14.8. The summed E-state index contributed by atoms with van der Waals surface area (Å²) in [6, 6.07) is 7.68. The maximum atomic E-state index is 11.6. The molecular formula is C45H67N3O2S. The van der Waals surface area contributed by atoms with Crippen LogP contribution in [0.3, 0.4) is 0 Å². The average Bonchev–Trinajstić information content (AvgIpc) is 3.82. The van der Waals surface area contributed by atoms with Crippen molar-refractivity contribution in [1.82, 2.24) is 14.5 Å². The van der Waals surface area contributed by atoms with Crippen LogP contribution in [0, 0.1) is 51.2 Å². The minimum atomic E-state index is -0.850. The van der Waals surface area contributed by atoms with E-state index >= 15 is 0 Å². The molecule has 6 aliphatic carbocycles. The predicted octanol–water partition coefficient (Wildman–Crippen LogP) is 9.81. The zero-order valence-electron chi connectivity index (χ0n) is 32.7. The van der Waals surface area contributed by atoms with Gasteiger partial charge in [0, 0.05) is 50.1 Å². The maximum Gasteiger partial charge on any atom is 0.335 e. The number of carbonyl (C=O) groups is 1. The zero-order chi connectivity index (χ0) is 36.0. The van der Waals surface area contributed by atoms with Crippen molar-refractivity contribution in [2.45, 2.75) is 123 Å². The van der Waals surface area contributed by atoms with E-state index in [0.717, 1.165) is 30.1 Å². The van der Waals surface area contributed by atoms with Crippen molar-refractivity contribution in [1.29, 1.82) is 0 Å². The minimum absolute atomic E-state index is 0.0433. The van der Waals surface area contributed by atoms with Crippen molar-refractivity contribution in [2.24, 2.45) is 51.2 Å². The highest BCUT2D eigenvalue weighted by atomic mass is 32.2. The van der Waals surface area contributed by atoms with Crippen molar-refractivity contribution >= 4 is 23.5 Å². The molecule has 9 atom stereocenters. The molecule has 1 aromatic carbocycles. The number of rotatable bonds is 9. The Morgan fingerprint density at radius 1 is 0.882 bits per heavy atom. The summed E-state index contributed by atoms with van der Waals surface area (Å²) >= 11 is 2.14. The topological polar surface area (TPSA) is 55.8 Å². The Hall–Kier alpha value is -1.60. The third-order valence-corrected chi connectivity index (χ3v) is 18.6. The van der Waals surface area contributed by atoms with Crippen LogP contribution in [0.4, 0.5) is 0 Å². The SMILES string of the molecule is C=C(C)[C@@H]1CC[C@]2(NCCN3CCN(SC4CC4)CC3)CC[C@]3(C)[C@H](CC[C@@H]4[C@@]5(C)CC=C(c6ccc(C(=O)O)cc6)C(C)(C)[C@@H]5CC[C@]43C)[C@@H]12. The molecule has 0 spiro atoms. The van der Waals surface area contributed by atoms with Gasteiger partial charge in [0.2, 0.25) is 0 Å². The van der Waals surface area contributed by atoms with E-state index in [1.807, 2.05) is 0 Å². The molecule has 5 nitrogen and oxygen atoms in total. The highest BCUT2D eigenvalue weighted by Crippen LogP contribution is 2.76. The number of nitrogens with one attached hydrogen (secondary N) is 1. The van der Waals surface area contributed by atoms with Gasteiger partial charge >= 0.3 is 5.97 Å². The molecule has 0 aromatic heterocycles. The van der Waals surface area contributed by atoms with Crippen LogP contribution in [0.1, 0.15) is 128 Å². The molecule has 0 amide bonds. The van der Waals surface area contributed by atoms with Gasteiger partial charge in [0.15, 0.2) is 0 Å². The number of allylic oxidation sites excluding steroid dienone is 3. The van der Waals surface area contributed by atoms with Gasteiger partial charge in [0.1, 0.15) is 0 Å². The van der Waals surface area contributed by atoms with Gasteiger partial charge in [-0.1, -0.05) is 76.9 Å². The van der Waals surface area contributed by atoms with Crippen LogP contribution in [0.15, 0.2) is 42.5 Å². The molecule has 1 saturated heterocycles. The van der Waals surface area contributed by atoms with E-state index in [9.17, 15) is 9.90 Å². The Morgan fingerprint density at radius 3 is 2.27 bits per heavy atom. The van der Waals surface area contributed by atoms with E-state index in [1.54, 1.807) is 12.1 Å². The molecule has 0 radical (unpaired) electrons. The standard InChI is InChI=1S/C45H67N3O2S/c1-30(2)34-16-21-45(46-24-25-47-26-28-48(29-27-47)51-33-12-13-33)23-22-43(6)36(39(34)45)14-15-38-42(5)19-17-35(31-8-10-32(11-9-31)40(49)50)41(3,4)37(42)18-20-44(38,43)7/h8-11,17,33-34,36-39,46H,1,12-16,18-29H2,2-7H3,(H,49,50)/t34-,36+,37-,38+,39+,42-,43+,44+,45-/m0/s1. The lowest BCUT2D eigenvalue weighted by atomic mass is 9.33. The third-order valence-electron chi connectivity index (χ3n) is 17.1. The normalized spacial score (nSPS) is 42.2. The van der Waals surface area contributed by atoms with E-state index < -0.39 is 5.97 Å². The van der Waals surface area contributed by atoms with Gasteiger partial charge in [-0.05, 0) is 152 Å². The molecule has 6 heteroatoms. The zero-order valence-corrected chi connectivity index (χ0v) is 33.6. The maximum absolute atomic E-state index is 11.6. The van der Waals surface area contributed by atoms with Crippen LogP contribution in [0.25, 0.3) is 5.57 Å². The predicted molar refractivity (Wildman–Crippen MR) is 213 cm³/mol. The van der Waals surface area contributed by atoms with Gasteiger partial charge in [-0.25, -0.2) is 9.10 Å². The molecule has 8 rings (SSSR count). The molecule has 7 aliphatic rings. The van der Waals surface area contributed by atoms with E-state index in [-0.39, 0.29) is 16.4 Å². The van der Waals surface area contributed by atoms with Crippen LogP contribution >= 0.6 is 11.9 Å². The molecule has 0 unspecified atom stereocenters. The summed E-state index contributed by atoms with van der Waals surface area (Å²) in [6.07, 6.45) is 17.2. The van der Waals surface area contributed by atoms with Crippen molar-refractivity contribution < 1.29 is 9.90 Å². The summed E-state index contributed by atoms with van der Waals surface area (Å²) in [4.78, 5) is 14.3. The lowest BCUT2D eigenvalue weighted by Gasteiger charge is -2.72. The van der Waals surface area contributed by atoms with Gasteiger partial charge < -0.3 is 10.4 Å². The first-order chi connectivity index (χ1) is 24.2. The fraction of sp³-hybridized carbons (Fsp3) is 0.756. The lowest BCUT2D eigenvalue weighted by Crippen LogP contribution is -2.68. The van der Waals surface area contributed by atoms with E-state index in [0.29, 0.717) is 34.1 Å². The van der Waals surface area contributed by atoms with Gasteiger partial charge in [0.05, 0.1) is 5.56 Å². The van der Waals surface area contributed by atoms with Crippen LogP contribution in [-0.2, 0) is 0 Å². The van der Waals surface area contributed by atoms with Crippen LogP contribution in [0.5, 0.6) is 0 Å². The first kappa shape index (κ1) is 36.4. The smallest absolute Gasteiger partial charge is 0.335 e. The molecular weight excluding hydrogens is 647 g/mol. The number of carboxylic acid groups (broad SMARTS) is 1. The van der Waals surface area contributed by atoms with E-state index in [4.69, 9.17) is 0 Å². The first-order valence-corrected chi connectivity index (χ1v) is 21.6. The monoisotopic (exact) mass is 713 g/mol. The number of benzene rings is 1. The molecule has 51 heavy (non-hydrogen) atoms. The second-order valence-corrected chi connectivity index (χ2v) is 21.2. The summed E-state index contributed by atoms with van der Waals surface area (Å²) in [5.74, 6) is 2.59. The fourth-order valence-corrected chi connectivity index (χ4v) is 15.4. The molecule has 280 valence electrons. The summed E-state index contributed by atoms with van der Waals surface area (Å²) in [6.45, 7) is 27.4. The molecule has 6 fully saturated rings. The lowest BCUT2D eigenvalue weighted by molar-refractivity contribution is -0.219. The van der Waals surface area contributed by atoms with Gasteiger partial charge in [-0.15, -0.1) is 0 Å². The number of nitrogens with zero attached hydrogens (tertiary/aromatic N) is 2. The number of carboxylic acids is 1. The summed E-state index contributed by atoms with van der Waals surface area (Å²) < 4.78 is 2.64. The Labute approximate surface area is 314 Å². The third kappa shape index (κ3) is 5.86. The number of piperazine rings is 1. The number of aromatic carboxylic acids is 1. The van der Waals surface area contributed by atoms with Crippen LogP contribution < -0.4 is 5.32 Å².